The maximum Gasteiger partial charge on any atom is 0.131 e. The first-order chi connectivity index (χ1) is 17.5. The van der Waals surface area contributed by atoms with Crippen molar-refractivity contribution in [3.63, 3.8) is 0 Å². The van der Waals surface area contributed by atoms with Crippen LogP contribution in [-0.4, -0.2) is 5.11 Å². The molecule has 0 spiro atoms. The van der Waals surface area contributed by atoms with E-state index in [0.717, 1.165) is 26.9 Å². The molecule has 0 saturated carbocycles. The SMILES string of the molecule is Cc1cc(C(C)(C)c2ccc(Oc3ccc(Sc4ccc(O)cc4)cc3)c(CBr)c2)ccc1C(C)(C)C. The summed E-state index contributed by atoms with van der Waals surface area (Å²) in [6, 6.07) is 28.8. The molecule has 0 amide bonds. The van der Waals surface area contributed by atoms with Crippen LogP contribution in [0.4, 0.5) is 0 Å². The van der Waals surface area contributed by atoms with E-state index in [0.29, 0.717) is 5.33 Å². The largest absolute Gasteiger partial charge is 0.508 e. The first-order valence-electron chi connectivity index (χ1n) is 12.5. The van der Waals surface area contributed by atoms with Gasteiger partial charge >= 0.3 is 0 Å². The van der Waals surface area contributed by atoms with Gasteiger partial charge in [-0.3, -0.25) is 0 Å². The van der Waals surface area contributed by atoms with Crippen molar-refractivity contribution in [2.45, 2.75) is 67.5 Å². The van der Waals surface area contributed by atoms with Crippen LogP contribution in [0.25, 0.3) is 0 Å². The number of phenols is 1. The van der Waals surface area contributed by atoms with E-state index >= 15 is 0 Å². The van der Waals surface area contributed by atoms with Crippen LogP contribution < -0.4 is 4.74 Å². The van der Waals surface area contributed by atoms with Crippen LogP contribution in [0.2, 0.25) is 0 Å². The van der Waals surface area contributed by atoms with Crippen molar-refractivity contribution >= 4 is 27.7 Å². The van der Waals surface area contributed by atoms with Crippen molar-refractivity contribution in [1.29, 1.82) is 0 Å². The molecule has 192 valence electrons. The second-order valence-corrected chi connectivity index (χ2v) is 12.7. The molecule has 4 aromatic rings. The maximum absolute atomic E-state index is 9.48. The smallest absolute Gasteiger partial charge is 0.131 e. The average Bonchev–Trinajstić information content (AvgIpc) is 2.86. The molecule has 0 aliphatic rings. The summed E-state index contributed by atoms with van der Waals surface area (Å²) in [5.41, 5.74) is 6.43. The first-order valence-corrected chi connectivity index (χ1v) is 14.5. The van der Waals surface area contributed by atoms with Crippen molar-refractivity contribution < 1.29 is 9.84 Å². The molecule has 1 N–H and O–H groups in total. The summed E-state index contributed by atoms with van der Waals surface area (Å²) in [6.07, 6.45) is 0. The van der Waals surface area contributed by atoms with Gasteiger partial charge in [-0.2, -0.15) is 0 Å². The van der Waals surface area contributed by atoms with Crippen molar-refractivity contribution in [2.75, 3.05) is 0 Å². The molecular weight excluding hydrogens is 540 g/mol. The topological polar surface area (TPSA) is 29.5 Å². The summed E-state index contributed by atoms with van der Waals surface area (Å²) in [5.74, 6) is 1.94. The molecule has 0 aliphatic heterocycles. The summed E-state index contributed by atoms with van der Waals surface area (Å²) in [5, 5.41) is 10.2. The maximum atomic E-state index is 9.48. The summed E-state index contributed by atoms with van der Waals surface area (Å²) >= 11 is 5.32. The standard InChI is InChI=1S/C33H35BrO2S/c1-22-19-24(7-17-30(22)32(2,3)4)33(5,6)25-8-18-31(23(20-25)21-34)36-27-11-15-29(16-12-27)37-28-13-9-26(35)10-14-28/h7-20,35H,21H2,1-6H3. The summed E-state index contributed by atoms with van der Waals surface area (Å²) in [4.78, 5) is 2.19. The lowest BCUT2D eigenvalue weighted by Gasteiger charge is -2.29. The molecule has 2 nitrogen and oxygen atoms in total. The molecule has 0 aliphatic carbocycles. The number of benzene rings is 4. The Hall–Kier alpha value is -2.69. The van der Waals surface area contributed by atoms with E-state index in [4.69, 9.17) is 4.74 Å². The van der Waals surface area contributed by atoms with E-state index in [-0.39, 0.29) is 16.6 Å². The number of aryl methyl sites for hydroxylation is 1. The summed E-state index contributed by atoms with van der Waals surface area (Å²) in [7, 11) is 0. The molecule has 0 aromatic heterocycles. The Morgan fingerprint density at radius 2 is 1.32 bits per heavy atom. The van der Waals surface area contributed by atoms with Gasteiger partial charge < -0.3 is 9.84 Å². The van der Waals surface area contributed by atoms with E-state index in [2.05, 4.69) is 106 Å². The third kappa shape index (κ3) is 6.42. The molecule has 4 aromatic carbocycles. The average molecular weight is 576 g/mol. The number of hydrogen-bond donors (Lipinski definition) is 1. The van der Waals surface area contributed by atoms with Gasteiger partial charge in [0.2, 0.25) is 0 Å². The Balaban J connectivity index is 1.53. The van der Waals surface area contributed by atoms with Crippen LogP contribution in [0.3, 0.4) is 0 Å². The number of ether oxygens (including phenoxy) is 1. The minimum absolute atomic E-state index is 0.135. The van der Waals surface area contributed by atoms with Gasteiger partial charge in [0, 0.05) is 26.1 Å². The second kappa shape index (κ2) is 11.0. The molecule has 0 unspecified atom stereocenters. The highest BCUT2D eigenvalue weighted by atomic mass is 79.9. The van der Waals surface area contributed by atoms with Crippen LogP contribution in [0.1, 0.15) is 62.4 Å². The second-order valence-electron chi connectivity index (χ2n) is 11.0. The highest BCUT2D eigenvalue weighted by Gasteiger charge is 2.26. The quantitative estimate of drug-likeness (QED) is 0.222. The molecule has 37 heavy (non-hydrogen) atoms. The van der Waals surface area contributed by atoms with E-state index in [1.165, 1.54) is 22.3 Å². The first kappa shape index (κ1) is 27.3. The number of hydrogen-bond acceptors (Lipinski definition) is 3. The Kier molecular flexibility index (Phi) is 8.11. The van der Waals surface area contributed by atoms with Gasteiger partial charge in [0.05, 0.1) is 0 Å². The molecule has 0 bridgehead atoms. The Labute approximate surface area is 234 Å². The zero-order valence-electron chi connectivity index (χ0n) is 22.4. The third-order valence-corrected chi connectivity index (χ3v) is 8.43. The Bertz CT molecular complexity index is 1370. The van der Waals surface area contributed by atoms with E-state index in [1.54, 1.807) is 23.9 Å². The third-order valence-electron chi connectivity index (χ3n) is 6.81. The van der Waals surface area contributed by atoms with Crippen molar-refractivity contribution in [1.82, 2.24) is 0 Å². The van der Waals surface area contributed by atoms with Gasteiger partial charge in [-0.1, -0.05) is 92.6 Å². The van der Waals surface area contributed by atoms with Crippen LogP contribution in [0.5, 0.6) is 17.2 Å². The monoisotopic (exact) mass is 574 g/mol. The van der Waals surface area contributed by atoms with Crippen LogP contribution in [-0.2, 0) is 16.2 Å². The molecule has 4 rings (SSSR count). The van der Waals surface area contributed by atoms with Crippen LogP contribution in [0, 0.1) is 6.92 Å². The molecule has 0 radical (unpaired) electrons. The Morgan fingerprint density at radius 3 is 1.89 bits per heavy atom. The van der Waals surface area contributed by atoms with Gasteiger partial charge in [0.15, 0.2) is 0 Å². The van der Waals surface area contributed by atoms with Gasteiger partial charge in [0.1, 0.15) is 17.2 Å². The summed E-state index contributed by atoms with van der Waals surface area (Å²) < 4.78 is 6.29. The van der Waals surface area contributed by atoms with Crippen LogP contribution in [0.15, 0.2) is 94.7 Å². The van der Waals surface area contributed by atoms with Crippen LogP contribution >= 0.6 is 27.7 Å². The molecule has 0 heterocycles. The van der Waals surface area contributed by atoms with E-state index in [1.807, 2.05) is 24.3 Å². The molecule has 0 atom stereocenters. The predicted molar refractivity (Wildman–Crippen MR) is 160 cm³/mol. The van der Waals surface area contributed by atoms with E-state index in [9.17, 15) is 5.11 Å². The normalized spacial score (nSPS) is 12.0. The molecular formula is C33H35BrO2S. The fourth-order valence-corrected chi connectivity index (χ4v) is 5.84. The van der Waals surface area contributed by atoms with Gasteiger partial charge in [-0.05, 0) is 89.2 Å². The van der Waals surface area contributed by atoms with Gasteiger partial charge in [-0.15, -0.1) is 0 Å². The number of rotatable bonds is 7. The zero-order valence-corrected chi connectivity index (χ0v) is 24.8. The van der Waals surface area contributed by atoms with Gasteiger partial charge in [-0.25, -0.2) is 0 Å². The molecule has 0 fully saturated rings. The predicted octanol–water partition coefficient (Wildman–Crippen LogP) is 10.2. The Morgan fingerprint density at radius 1 is 0.757 bits per heavy atom. The van der Waals surface area contributed by atoms with Crippen molar-refractivity contribution in [3.05, 3.63) is 113 Å². The lowest BCUT2D eigenvalue weighted by Crippen LogP contribution is -2.21. The van der Waals surface area contributed by atoms with Crippen molar-refractivity contribution in [3.8, 4) is 17.2 Å². The lowest BCUT2D eigenvalue weighted by atomic mass is 9.75. The number of alkyl halides is 1. The van der Waals surface area contributed by atoms with Gasteiger partial charge in [0.25, 0.3) is 0 Å². The molecule has 0 saturated heterocycles. The minimum atomic E-state index is -0.135. The minimum Gasteiger partial charge on any atom is -0.508 e. The fraction of sp³-hybridized carbons (Fsp3) is 0.273. The highest BCUT2D eigenvalue weighted by Crippen LogP contribution is 2.38. The summed E-state index contributed by atoms with van der Waals surface area (Å²) in [6.45, 7) is 13.6. The lowest BCUT2D eigenvalue weighted by molar-refractivity contribution is 0.475. The number of halogens is 1. The number of aromatic hydroxyl groups is 1. The van der Waals surface area contributed by atoms with Crippen molar-refractivity contribution in [2.24, 2.45) is 0 Å². The number of phenolic OH excluding ortho intramolecular Hbond substituents is 1. The van der Waals surface area contributed by atoms with E-state index < -0.39 is 0 Å². The highest BCUT2D eigenvalue weighted by molar-refractivity contribution is 9.08. The zero-order chi connectivity index (χ0) is 26.8. The molecule has 4 heteroatoms. The fourth-order valence-electron chi connectivity index (χ4n) is 4.59.